The summed E-state index contributed by atoms with van der Waals surface area (Å²) in [6.45, 7) is 1.81. The van der Waals surface area contributed by atoms with Gasteiger partial charge in [0.2, 0.25) is 6.79 Å². The molecule has 0 saturated heterocycles. The molecule has 0 atom stereocenters. The van der Waals surface area contributed by atoms with Crippen molar-refractivity contribution in [2.24, 2.45) is 4.99 Å². The smallest absolute Gasteiger partial charge is 0.231 e. The molecule has 29 heavy (non-hydrogen) atoms. The van der Waals surface area contributed by atoms with Crippen molar-refractivity contribution < 1.29 is 9.47 Å². The third-order valence-electron chi connectivity index (χ3n) is 5.78. The summed E-state index contributed by atoms with van der Waals surface area (Å²) in [6.07, 6.45) is 7.93. The molecule has 0 amide bonds. The number of hydrogen-bond acceptors (Lipinski definition) is 4. The van der Waals surface area contributed by atoms with E-state index in [0.29, 0.717) is 13.3 Å². The Bertz CT molecular complexity index is 823. The molecule has 1 saturated carbocycles. The lowest BCUT2D eigenvalue weighted by Gasteiger charge is -2.38. The summed E-state index contributed by atoms with van der Waals surface area (Å²) in [5, 5.41) is 6.92. The first-order chi connectivity index (χ1) is 13.8. The first-order valence-corrected chi connectivity index (χ1v) is 10.0. The second-order valence-electron chi connectivity index (χ2n) is 7.51. The Hall–Kier alpha value is -2.03. The fraction of sp³-hybridized carbons (Fsp3) is 0.455. The summed E-state index contributed by atoms with van der Waals surface area (Å²) in [4.78, 5) is 8.75. The molecular weight excluding hydrogens is 479 g/mol. The van der Waals surface area contributed by atoms with Gasteiger partial charge in [0.15, 0.2) is 17.5 Å². The molecule has 1 fully saturated rings. The lowest BCUT2D eigenvalue weighted by molar-refractivity contribution is 0.174. The largest absolute Gasteiger partial charge is 0.454 e. The zero-order chi connectivity index (χ0) is 19.2. The van der Waals surface area contributed by atoms with Crippen LogP contribution in [-0.4, -0.2) is 31.3 Å². The van der Waals surface area contributed by atoms with Crippen LogP contribution >= 0.6 is 24.0 Å². The lowest BCUT2D eigenvalue weighted by Crippen LogP contribution is -2.46. The maximum atomic E-state index is 5.62. The summed E-state index contributed by atoms with van der Waals surface area (Å²) < 4.78 is 11.1. The molecule has 0 unspecified atom stereocenters. The van der Waals surface area contributed by atoms with Crippen LogP contribution in [0.4, 0.5) is 0 Å². The van der Waals surface area contributed by atoms with Crippen LogP contribution in [0.1, 0.15) is 43.4 Å². The normalized spacial score (nSPS) is 17.3. The van der Waals surface area contributed by atoms with Crippen LogP contribution in [0.2, 0.25) is 0 Å². The van der Waals surface area contributed by atoms with Crippen molar-refractivity contribution in [2.75, 3.05) is 20.4 Å². The molecule has 6 nitrogen and oxygen atoms in total. The van der Waals surface area contributed by atoms with Gasteiger partial charge >= 0.3 is 0 Å². The number of nitrogens with one attached hydrogen (secondary N) is 2. The van der Waals surface area contributed by atoms with E-state index < -0.39 is 0 Å². The number of aromatic nitrogens is 1. The van der Waals surface area contributed by atoms with Crippen LogP contribution in [0.15, 0.2) is 47.6 Å². The highest BCUT2D eigenvalue weighted by Gasteiger charge is 2.35. The van der Waals surface area contributed by atoms with Crippen molar-refractivity contribution in [3.05, 3.63) is 53.9 Å². The minimum absolute atomic E-state index is 0. The van der Waals surface area contributed by atoms with Crippen molar-refractivity contribution in [1.29, 1.82) is 0 Å². The fourth-order valence-electron chi connectivity index (χ4n) is 4.17. The van der Waals surface area contributed by atoms with Gasteiger partial charge in [0, 0.05) is 25.2 Å². The molecule has 7 heteroatoms. The van der Waals surface area contributed by atoms with E-state index in [0.717, 1.165) is 42.5 Å². The first kappa shape index (κ1) is 21.7. The number of benzene rings is 1. The second kappa shape index (κ2) is 10.1. The van der Waals surface area contributed by atoms with Crippen molar-refractivity contribution in [2.45, 2.75) is 44.1 Å². The van der Waals surface area contributed by atoms with Crippen LogP contribution in [0.25, 0.3) is 0 Å². The Morgan fingerprint density at radius 3 is 2.66 bits per heavy atom. The van der Waals surface area contributed by atoms with Gasteiger partial charge in [0.05, 0.1) is 12.2 Å². The van der Waals surface area contributed by atoms with E-state index in [-0.39, 0.29) is 29.4 Å². The topological polar surface area (TPSA) is 67.8 Å². The molecule has 0 bridgehead atoms. The first-order valence-electron chi connectivity index (χ1n) is 10.0. The number of ether oxygens (including phenoxy) is 2. The standard InChI is InChI=1S/C22H28N4O2.HI/c1-23-21(25-14-18-7-3-6-12-24-18)26-15-22(10-4-2-5-11-22)17-8-9-19-20(13-17)28-16-27-19;/h3,6-9,12-13H,2,4-5,10-11,14-16H2,1H3,(H2,23,25,26);1H. The molecular formula is C22H29IN4O2. The minimum atomic E-state index is 0. The minimum Gasteiger partial charge on any atom is -0.454 e. The van der Waals surface area contributed by atoms with Crippen molar-refractivity contribution in [3.8, 4) is 11.5 Å². The predicted octanol–water partition coefficient (Wildman–Crippen LogP) is 4.00. The molecule has 1 aromatic heterocycles. The van der Waals surface area contributed by atoms with E-state index in [2.05, 4.69) is 32.7 Å². The van der Waals surface area contributed by atoms with Gasteiger partial charge in [-0.25, -0.2) is 0 Å². The number of nitrogens with zero attached hydrogens (tertiary/aromatic N) is 2. The lowest BCUT2D eigenvalue weighted by atomic mass is 9.69. The van der Waals surface area contributed by atoms with Crippen LogP contribution < -0.4 is 20.1 Å². The third kappa shape index (κ3) is 5.12. The maximum Gasteiger partial charge on any atom is 0.231 e. The SMILES string of the molecule is CN=C(NCc1ccccn1)NCC1(c2ccc3c(c2)OCO3)CCCCC1.I. The van der Waals surface area contributed by atoms with E-state index in [1.165, 1.54) is 24.8 Å². The van der Waals surface area contributed by atoms with Gasteiger partial charge in [0.1, 0.15) is 0 Å². The summed E-state index contributed by atoms with van der Waals surface area (Å²) in [5.41, 5.74) is 2.40. The van der Waals surface area contributed by atoms with Crippen LogP contribution in [-0.2, 0) is 12.0 Å². The van der Waals surface area contributed by atoms with E-state index in [1.807, 2.05) is 37.5 Å². The number of halogens is 1. The molecule has 2 N–H and O–H groups in total. The van der Waals surface area contributed by atoms with Gasteiger partial charge in [0.25, 0.3) is 0 Å². The third-order valence-corrected chi connectivity index (χ3v) is 5.78. The number of hydrogen-bond donors (Lipinski definition) is 2. The molecule has 0 spiro atoms. The van der Waals surface area contributed by atoms with Gasteiger partial charge < -0.3 is 20.1 Å². The Labute approximate surface area is 189 Å². The highest BCUT2D eigenvalue weighted by atomic mass is 127. The van der Waals surface area contributed by atoms with Crippen molar-refractivity contribution in [3.63, 3.8) is 0 Å². The van der Waals surface area contributed by atoms with Gasteiger partial charge in [-0.05, 0) is 42.7 Å². The molecule has 1 aliphatic carbocycles. The number of aliphatic imine (C=N–C) groups is 1. The van der Waals surface area contributed by atoms with Crippen molar-refractivity contribution in [1.82, 2.24) is 15.6 Å². The van der Waals surface area contributed by atoms with E-state index in [4.69, 9.17) is 9.47 Å². The zero-order valence-corrected chi connectivity index (χ0v) is 19.1. The molecule has 4 rings (SSSR count). The van der Waals surface area contributed by atoms with Crippen LogP contribution in [0.5, 0.6) is 11.5 Å². The summed E-state index contributed by atoms with van der Waals surface area (Å²) in [6, 6.07) is 12.3. The average molecular weight is 508 g/mol. The zero-order valence-electron chi connectivity index (χ0n) is 16.8. The molecule has 0 radical (unpaired) electrons. The molecule has 2 aromatic rings. The van der Waals surface area contributed by atoms with Gasteiger partial charge in [-0.15, -0.1) is 24.0 Å². The molecule has 156 valence electrons. The molecule has 2 aliphatic rings. The number of fused-ring (bicyclic) bond motifs is 1. The monoisotopic (exact) mass is 508 g/mol. The quantitative estimate of drug-likeness (QED) is 0.363. The number of pyridine rings is 1. The molecule has 1 aromatic carbocycles. The van der Waals surface area contributed by atoms with E-state index in [9.17, 15) is 0 Å². The van der Waals surface area contributed by atoms with Gasteiger partial charge in [-0.3, -0.25) is 9.98 Å². The van der Waals surface area contributed by atoms with Crippen molar-refractivity contribution >= 4 is 29.9 Å². The van der Waals surface area contributed by atoms with Crippen LogP contribution in [0.3, 0.4) is 0 Å². The maximum absolute atomic E-state index is 5.62. The Kier molecular flexibility index (Phi) is 7.57. The number of guanidine groups is 1. The van der Waals surface area contributed by atoms with Gasteiger partial charge in [-0.2, -0.15) is 0 Å². The van der Waals surface area contributed by atoms with E-state index >= 15 is 0 Å². The number of rotatable bonds is 5. The second-order valence-corrected chi connectivity index (χ2v) is 7.51. The highest BCUT2D eigenvalue weighted by Crippen LogP contribution is 2.43. The van der Waals surface area contributed by atoms with E-state index in [1.54, 1.807) is 0 Å². The molecule has 2 heterocycles. The average Bonchev–Trinajstić information content (AvgIpc) is 3.23. The summed E-state index contributed by atoms with van der Waals surface area (Å²) >= 11 is 0. The Balaban J connectivity index is 0.00000240. The Morgan fingerprint density at radius 1 is 1.07 bits per heavy atom. The summed E-state index contributed by atoms with van der Waals surface area (Å²) in [5.74, 6) is 2.51. The predicted molar refractivity (Wildman–Crippen MR) is 125 cm³/mol. The molecule has 1 aliphatic heterocycles. The summed E-state index contributed by atoms with van der Waals surface area (Å²) in [7, 11) is 1.81. The van der Waals surface area contributed by atoms with Crippen LogP contribution in [0, 0.1) is 0 Å². The Morgan fingerprint density at radius 2 is 1.90 bits per heavy atom. The fourth-order valence-corrected chi connectivity index (χ4v) is 4.17. The highest BCUT2D eigenvalue weighted by molar-refractivity contribution is 14.0. The van der Waals surface area contributed by atoms with Gasteiger partial charge in [-0.1, -0.05) is 31.4 Å².